The Hall–Kier alpha value is -2.31. The molecule has 48 heavy (non-hydrogen) atoms. The first-order valence-corrected chi connectivity index (χ1v) is 19.3. The average molecular weight is 677 g/mol. The molecule has 1 heterocycles. The fourth-order valence-corrected chi connectivity index (χ4v) is 5.76. The Morgan fingerprint density at radius 2 is 1.42 bits per heavy atom. The highest BCUT2D eigenvalue weighted by Gasteiger charge is 2.54. The zero-order valence-corrected chi connectivity index (χ0v) is 34.0. The topological polar surface area (TPSA) is 90.5 Å². The van der Waals surface area contributed by atoms with E-state index in [2.05, 4.69) is 84.5 Å². The van der Waals surface area contributed by atoms with Crippen LogP contribution in [0, 0.1) is 23.2 Å². The number of hydrogen-bond donors (Lipinski definition) is 3. The van der Waals surface area contributed by atoms with Gasteiger partial charge in [-0.15, -0.1) is 0 Å². The van der Waals surface area contributed by atoms with Crippen molar-refractivity contribution in [3.63, 3.8) is 0 Å². The number of carbonyl (C=O) groups excluding carboxylic acids is 3. The maximum absolute atomic E-state index is 11.9. The predicted molar refractivity (Wildman–Crippen MR) is 208 cm³/mol. The van der Waals surface area contributed by atoms with Crippen LogP contribution in [-0.2, 0) is 14.4 Å². The van der Waals surface area contributed by atoms with E-state index in [1.807, 2.05) is 25.7 Å². The highest BCUT2D eigenvalue weighted by atomic mass is 16.2. The third kappa shape index (κ3) is 23.1. The van der Waals surface area contributed by atoms with E-state index in [0.717, 1.165) is 43.5 Å². The lowest BCUT2D eigenvalue weighted by Gasteiger charge is -2.33. The quantitative estimate of drug-likeness (QED) is 0.133. The van der Waals surface area contributed by atoms with Gasteiger partial charge in [0.1, 0.15) is 11.6 Å². The lowest BCUT2D eigenvalue weighted by Crippen LogP contribution is -2.45. The number of Topliss-reactive ketones (excluding diaryl/α,β-unsaturated/α-hetero) is 2. The number of nitrogens with zero attached hydrogens (tertiary/aromatic N) is 1. The van der Waals surface area contributed by atoms with Gasteiger partial charge < -0.3 is 20.9 Å². The van der Waals surface area contributed by atoms with Crippen LogP contribution in [0.4, 0.5) is 0 Å². The summed E-state index contributed by atoms with van der Waals surface area (Å²) in [4.78, 5) is 34.0. The molecule has 2 saturated carbocycles. The highest BCUT2D eigenvalue weighted by molar-refractivity contribution is 5.96. The van der Waals surface area contributed by atoms with Crippen LogP contribution in [0.25, 0.3) is 0 Å². The smallest absolute Gasteiger partial charge is 0.222 e. The van der Waals surface area contributed by atoms with E-state index in [0.29, 0.717) is 23.7 Å². The second-order valence-corrected chi connectivity index (χ2v) is 15.7. The summed E-state index contributed by atoms with van der Waals surface area (Å²) in [6.07, 6.45) is 13.8. The normalized spacial score (nSPS) is 20.2. The van der Waals surface area contributed by atoms with E-state index in [-0.39, 0.29) is 35.5 Å². The van der Waals surface area contributed by atoms with Crippen LogP contribution in [0.5, 0.6) is 0 Å². The molecule has 7 nitrogen and oxygen atoms in total. The number of piperidine rings is 1. The highest BCUT2D eigenvalue weighted by Crippen LogP contribution is 2.51. The molecular weight excluding hydrogens is 596 g/mol. The number of fused-ring (bicyclic) bond motifs is 1. The van der Waals surface area contributed by atoms with Crippen molar-refractivity contribution in [1.29, 1.82) is 0 Å². The van der Waals surface area contributed by atoms with Crippen LogP contribution in [0.1, 0.15) is 167 Å². The van der Waals surface area contributed by atoms with Crippen LogP contribution < -0.4 is 16.0 Å². The maximum Gasteiger partial charge on any atom is 0.222 e. The van der Waals surface area contributed by atoms with Gasteiger partial charge in [0.05, 0.1) is 18.3 Å². The van der Waals surface area contributed by atoms with Gasteiger partial charge in [0, 0.05) is 37.3 Å². The van der Waals surface area contributed by atoms with E-state index < -0.39 is 0 Å². The minimum atomic E-state index is -0.0625. The molecule has 1 amide bonds. The van der Waals surface area contributed by atoms with Crippen LogP contribution in [0.2, 0.25) is 0 Å². The Bertz CT molecular complexity index is 914. The van der Waals surface area contributed by atoms with E-state index in [1.165, 1.54) is 71.6 Å². The zero-order chi connectivity index (χ0) is 37.5. The zero-order valence-electron chi connectivity index (χ0n) is 34.0. The first kappa shape index (κ1) is 47.8. The molecule has 3 N–H and O–H groups in total. The van der Waals surface area contributed by atoms with Crippen molar-refractivity contribution in [3.05, 3.63) is 24.7 Å². The summed E-state index contributed by atoms with van der Waals surface area (Å²) >= 11 is 0. The fourth-order valence-electron chi connectivity index (χ4n) is 5.76. The van der Waals surface area contributed by atoms with Gasteiger partial charge in [0.25, 0.3) is 0 Å². The van der Waals surface area contributed by atoms with E-state index >= 15 is 0 Å². The number of nitrogens with one attached hydrogen (secondary N) is 3. The maximum atomic E-state index is 11.9. The Morgan fingerprint density at radius 1 is 0.896 bits per heavy atom. The Morgan fingerprint density at radius 3 is 1.81 bits per heavy atom. The minimum Gasteiger partial charge on any atom is -0.387 e. The van der Waals surface area contributed by atoms with Crippen molar-refractivity contribution in [3.8, 4) is 0 Å². The predicted octanol–water partition coefficient (Wildman–Crippen LogP) is 9.58. The number of ketones is 2. The van der Waals surface area contributed by atoms with Gasteiger partial charge in [-0.3, -0.25) is 14.4 Å². The van der Waals surface area contributed by atoms with Crippen molar-refractivity contribution in [1.82, 2.24) is 20.9 Å². The monoisotopic (exact) mass is 677 g/mol. The Kier molecular flexibility index (Phi) is 25.5. The van der Waals surface area contributed by atoms with Gasteiger partial charge in [-0.25, -0.2) is 0 Å². The van der Waals surface area contributed by atoms with Crippen molar-refractivity contribution in [2.45, 2.75) is 179 Å². The number of unbranched alkanes of at least 4 members (excludes halogenated alkanes) is 1. The molecular formula is C41H80N4O3. The minimum absolute atomic E-state index is 0.0625. The molecule has 3 fully saturated rings. The van der Waals surface area contributed by atoms with E-state index in [1.54, 1.807) is 0 Å². The number of rotatable bonds is 13. The molecule has 0 radical (unpaired) electrons. The molecule has 282 valence electrons. The van der Waals surface area contributed by atoms with Crippen LogP contribution in [0.3, 0.4) is 0 Å². The summed E-state index contributed by atoms with van der Waals surface area (Å²) in [5.74, 6) is 3.27. The van der Waals surface area contributed by atoms with E-state index in [4.69, 9.17) is 0 Å². The van der Waals surface area contributed by atoms with Crippen molar-refractivity contribution in [2.24, 2.45) is 23.2 Å². The van der Waals surface area contributed by atoms with Crippen molar-refractivity contribution < 1.29 is 14.4 Å². The van der Waals surface area contributed by atoms with Crippen LogP contribution in [-0.4, -0.2) is 53.6 Å². The average Bonchev–Trinajstić information content (AvgIpc) is 3.71. The lowest BCUT2D eigenvalue weighted by molar-refractivity contribution is -0.132. The van der Waals surface area contributed by atoms with E-state index in [9.17, 15) is 14.4 Å². The molecule has 1 saturated heterocycles. The molecule has 3 atom stereocenters. The summed E-state index contributed by atoms with van der Waals surface area (Å²) in [7, 11) is 0. The third-order valence-electron chi connectivity index (χ3n) is 8.69. The first-order valence-electron chi connectivity index (χ1n) is 19.3. The Labute approximate surface area is 298 Å². The Balaban J connectivity index is 0. The molecule has 1 unspecified atom stereocenters. The van der Waals surface area contributed by atoms with Gasteiger partial charge in [-0.05, 0) is 69.6 Å². The summed E-state index contributed by atoms with van der Waals surface area (Å²) in [5, 5.41) is 10.4. The number of hydrogen-bond acceptors (Lipinski definition) is 6. The van der Waals surface area contributed by atoms with Crippen LogP contribution >= 0.6 is 0 Å². The van der Waals surface area contributed by atoms with Crippen LogP contribution in [0.15, 0.2) is 24.7 Å². The second-order valence-electron chi connectivity index (χ2n) is 15.7. The summed E-state index contributed by atoms with van der Waals surface area (Å²) in [6, 6.07) is 0.259. The molecule has 0 bridgehead atoms. The lowest BCUT2D eigenvalue weighted by atomic mass is 9.92. The van der Waals surface area contributed by atoms with Gasteiger partial charge >= 0.3 is 0 Å². The van der Waals surface area contributed by atoms with Crippen molar-refractivity contribution in [2.75, 3.05) is 19.6 Å². The van der Waals surface area contributed by atoms with Gasteiger partial charge in [0.2, 0.25) is 5.91 Å². The third-order valence-corrected chi connectivity index (χ3v) is 8.69. The number of carbonyl (C=O) groups is 3. The summed E-state index contributed by atoms with van der Waals surface area (Å²) < 4.78 is 0. The van der Waals surface area contributed by atoms with Crippen molar-refractivity contribution >= 4 is 17.5 Å². The van der Waals surface area contributed by atoms with Gasteiger partial charge in [-0.1, -0.05) is 121 Å². The molecule has 3 aliphatic rings. The molecule has 0 aromatic rings. The molecule has 7 heteroatoms. The van der Waals surface area contributed by atoms with Gasteiger partial charge in [0.15, 0.2) is 0 Å². The molecule has 0 aromatic heterocycles. The molecule has 1 aliphatic heterocycles. The SMILES string of the molecule is C=C(NCC(C)(C)C)NC1(C)CCCCCC1.C=C(NCCC(C)C)C1[C@H]2C[C@H]2CN1C(=O)CC.CC.CC(=O)CC(C)=O.CCCC. The largest absolute Gasteiger partial charge is 0.387 e. The molecule has 3 rings (SSSR count). The first-order chi connectivity index (χ1) is 22.4. The summed E-state index contributed by atoms with van der Waals surface area (Å²) in [5.41, 5.74) is 1.61. The fraction of sp³-hybridized carbons (Fsp3) is 0.829. The molecule has 2 aliphatic carbocycles. The number of likely N-dealkylation sites (tertiary alicyclic amines) is 1. The summed E-state index contributed by atoms with van der Waals surface area (Å²) in [6.45, 7) is 37.8. The standard InChI is InChI=1S/C15H26N2O.C15H30N2.C5H8O2.C4H10.C2H6/c1-5-14(18)17-9-12-8-13(12)15(17)11(4)16-7-6-10(2)3;1-13(16-12-14(2,3)4)17-15(5)10-8-6-7-9-11-15;1-4(6)3-5(2)7;1-3-4-2;1-2/h10,12-13,15-16H,4-9H2,1-3H3;16-17H,1,6-12H2,2-5H3;3H2,1-2H3;3-4H2,1-2H3;1-2H3/t12-,13-,15?;;;;/m0..../s1. The number of amides is 1. The van der Waals surface area contributed by atoms with Gasteiger partial charge in [-0.2, -0.15) is 0 Å². The second kappa shape index (κ2) is 25.6. The molecule has 0 spiro atoms. The molecule has 0 aromatic carbocycles.